The summed E-state index contributed by atoms with van der Waals surface area (Å²) >= 11 is 0. The number of rotatable bonds is 7. The van der Waals surface area contributed by atoms with E-state index in [9.17, 15) is 0 Å². The van der Waals surface area contributed by atoms with Gasteiger partial charge in [0.25, 0.3) is 0 Å². The Bertz CT molecular complexity index is 575. The van der Waals surface area contributed by atoms with Gasteiger partial charge in [0, 0.05) is 39.6 Å². The first kappa shape index (κ1) is 15.0. The van der Waals surface area contributed by atoms with Crippen LogP contribution in [0.3, 0.4) is 0 Å². The van der Waals surface area contributed by atoms with Gasteiger partial charge < -0.3 is 20.1 Å². The molecule has 0 aliphatic heterocycles. The number of aryl methyl sites for hydroxylation is 1. The Morgan fingerprint density at radius 1 is 1.14 bits per heavy atom. The molecule has 114 valence electrons. The van der Waals surface area contributed by atoms with E-state index in [0.29, 0.717) is 24.4 Å². The fourth-order valence-corrected chi connectivity index (χ4v) is 1.93. The molecule has 0 saturated heterocycles. The summed E-state index contributed by atoms with van der Waals surface area (Å²) in [4.78, 5) is 19.5. The molecule has 0 aliphatic rings. The Morgan fingerprint density at radius 2 is 1.86 bits per heavy atom. The minimum absolute atomic E-state index is 0.541. The summed E-state index contributed by atoms with van der Waals surface area (Å²) in [5.74, 6) is 2.68. The first-order valence-corrected chi connectivity index (χ1v) is 7.06. The van der Waals surface area contributed by atoms with E-state index < -0.39 is 0 Å². The average Bonchev–Trinajstić information content (AvgIpc) is 2.91. The van der Waals surface area contributed by atoms with Crippen LogP contribution in [0.2, 0.25) is 0 Å². The molecule has 0 radical (unpaired) electrons. The lowest BCUT2D eigenvalue weighted by molar-refractivity contribution is 0.795. The zero-order chi connectivity index (χ0) is 15.2. The Balaban J connectivity index is 2.18. The van der Waals surface area contributed by atoms with Crippen molar-refractivity contribution in [2.75, 3.05) is 35.7 Å². The van der Waals surface area contributed by atoms with Crippen molar-refractivity contribution < 1.29 is 0 Å². The summed E-state index contributed by atoms with van der Waals surface area (Å²) in [5.41, 5.74) is 0. The van der Waals surface area contributed by atoms with E-state index in [1.54, 1.807) is 13.2 Å². The SMILES string of the molecule is CCN(CC)c1nc(NC)nc(NCc2nccn2C)n1. The number of hydrogen-bond acceptors (Lipinski definition) is 7. The Morgan fingerprint density at radius 3 is 2.43 bits per heavy atom. The number of anilines is 3. The molecule has 0 amide bonds. The molecule has 0 fully saturated rings. The second kappa shape index (κ2) is 6.87. The molecule has 0 atom stereocenters. The maximum atomic E-state index is 4.47. The largest absolute Gasteiger partial charge is 0.357 e. The Labute approximate surface area is 124 Å². The molecule has 0 aromatic carbocycles. The molecule has 2 heterocycles. The molecular formula is C13H22N8. The maximum Gasteiger partial charge on any atom is 0.231 e. The van der Waals surface area contributed by atoms with Crippen LogP contribution in [0.1, 0.15) is 19.7 Å². The molecule has 0 aliphatic carbocycles. The summed E-state index contributed by atoms with van der Waals surface area (Å²) < 4.78 is 1.96. The molecule has 8 heteroatoms. The molecule has 0 spiro atoms. The third kappa shape index (κ3) is 3.59. The molecule has 0 unspecified atom stereocenters. The summed E-state index contributed by atoms with van der Waals surface area (Å²) in [6.45, 7) is 6.42. The molecular weight excluding hydrogens is 268 g/mol. The van der Waals surface area contributed by atoms with E-state index in [2.05, 4.69) is 49.3 Å². The van der Waals surface area contributed by atoms with Crippen LogP contribution < -0.4 is 15.5 Å². The van der Waals surface area contributed by atoms with Crippen LogP contribution in [0.5, 0.6) is 0 Å². The van der Waals surface area contributed by atoms with Crippen molar-refractivity contribution in [2.45, 2.75) is 20.4 Å². The van der Waals surface area contributed by atoms with Crippen LogP contribution in [0.25, 0.3) is 0 Å². The fourth-order valence-electron chi connectivity index (χ4n) is 1.93. The van der Waals surface area contributed by atoms with E-state index in [0.717, 1.165) is 18.9 Å². The van der Waals surface area contributed by atoms with Crippen molar-refractivity contribution in [2.24, 2.45) is 7.05 Å². The maximum absolute atomic E-state index is 4.47. The number of imidazole rings is 1. The topological polar surface area (TPSA) is 83.8 Å². The highest BCUT2D eigenvalue weighted by Gasteiger charge is 2.10. The molecule has 2 rings (SSSR count). The Hall–Kier alpha value is -2.38. The molecule has 2 N–H and O–H groups in total. The molecule has 0 bridgehead atoms. The van der Waals surface area contributed by atoms with Gasteiger partial charge in [-0.2, -0.15) is 15.0 Å². The summed E-state index contributed by atoms with van der Waals surface area (Å²) in [5, 5.41) is 6.16. The van der Waals surface area contributed by atoms with E-state index >= 15 is 0 Å². The third-order valence-corrected chi connectivity index (χ3v) is 3.22. The molecule has 0 saturated carbocycles. The van der Waals surface area contributed by atoms with Crippen molar-refractivity contribution in [3.63, 3.8) is 0 Å². The van der Waals surface area contributed by atoms with Gasteiger partial charge in [-0.05, 0) is 13.8 Å². The molecule has 2 aromatic heterocycles. The van der Waals surface area contributed by atoms with Crippen LogP contribution in [0.4, 0.5) is 17.8 Å². The van der Waals surface area contributed by atoms with Crippen molar-refractivity contribution in [3.8, 4) is 0 Å². The second-order valence-corrected chi connectivity index (χ2v) is 4.51. The van der Waals surface area contributed by atoms with Gasteiger partial charge in [0.15, 0.2) is 0 Å². The predicted molar refractivity (Wildman–Crippen MR) is 83.5 cm³/mol. The van der Waals surface area contributed by atoms with E-state index in [1.807, 2.05) is 17.8 Å². The van der Waals surface area contributed by atoms with Gasteiger partial charge in [0.1, 0.15) is 5.82 Å². The standard InChI is InChI=1S/C13H22N8/c1-5-21(6-2)13-18-11(14-3)17-12(19-13)16-9-10-15-7-8-20(10)4/h7-8H,5-6,9H2,1-4H3,(H2,14,16,17,18,19). The molecule has 2 aromatic rings. The van der Waals surface area contributed by atoms with Gasteiger partial charge in [-0.1, -0.05) is 0 Å². The van der Waals surface area contributed by atoms with Crippen molar-refractivity contribution in [1.29, 1.82) is 0 Å². The minimum atomic E-state index is 0.541. The van der Waals surface area contributed by atoms with Gasteiger partial charge in [-0.25, -0.2) is 4.98 Å². The monoisotopic (exact) mass is 290 g/mol. The van der Waals surface area contributed by atoms with Crippen LogP contribution in [-0.2, 0) is 13.6 Å². The van der Waals surface area contributed by atoms with E-state index in [4.69, 9.17) is 0 Å². The lowest BCUT2D eigenvalue weighted by Crippen LogP contribution is -2.25. The lowest BCUT2D eigenvalue weighted by atomic mass is 10.5. The van der Waals surface area contributed by atoms with Crippen molar-refractivity contribution >= 4 is 17.8 Å². The van der Waals surface area contributed by atoms with Crippen molar-refractivity contribution in [3.05, 3.63) is 18.2 Å². The van der Waals surface area contributed by atoms with Crippen molar-refractivity contribution in [1.82, 2.24) is 24.5 Å². The fraction of sp³-hybridized carbons (Fsp3) is 0.538. The van der Waals surface area contributed by atoms with Gasteiger partial charge in [-0.3, -0.25) is 0 Å². The predicted octanol–water partition coefficient (Wildman–Crippen LogP) is 1.11. The highest BCUT2D eigenvalue weighted by Crippen LogP contribution is 2.13. The van der Waals surface area contributed by atoms with E-state index in [-0.39, 0.29) is 0 Å². The number of nitrogens with one attached hydrogen (secondary N) is 2. The first-order chi connectivity index (χ1) is 10.2. The highest BCUT2D eigenvalue weighted by atomic mass is 15.3. The quantitative estimate of drug-likeness (QED) is 0.790. The van der Waals surface area contributed by atoms with Gasteiger partial charge in [-0.15, -0.1) is 0 Å². The normalized spacial score (nSPS) is 10.5. The zero-order valence-electron chi connectivity index (χ0n) is 13.0. The van der Waals surface area contributed by atoms with Gasteiger partial charge in [0.2, 0.25) is 17.8 Å². The molecule has 21 heavy (non-hydrogen) atoms. The summed E-state index contributed by atoms with van der Waals surface area (Å²) in [7, 11) is 3.75. The van der Waals surface area contributed by atoms with Gasteiger partial charge in [0.05, 0.1) is 6.54 Å². The van der Waals surface area contributed by atoms with E-state index in [1.165, 1.54) is 0 Å². The number of nitrogens with zero attached hydrogens (tertiary/aromatic N) is 6. The van der Waals surface area contributed by atoms with Crippen LogP contribution in [0, 0.1) is 0 Å². The van der Waals surface area contributed by atoms with Crippen LogP contribution >= 0.6 is 0 Å². The number of aromatic nitrogens is 5. The third-order valence-electron chi connectivity index (χ3n) is 3.22. The highest BCUT2D eigenvalue weighted by molar-refractivity contribution is 5.43. The van der Waals surface area contributed by atoms with Gasteiger partial charge >= 0.3 is 0 Å². The Kier molecular flexibility index (Phi) is 4.91. The first-order valence-electron chi connectivity index (χ1n) is 7.06. The minimum Gasteiger partial charge on any atom is -0.357 e. The number of hydrogen-bond donors (Lipinski definition) is 2. The lowest BCUT2D eigenvalue weighted by Gasteiger charge is -2.19. The summed E-state index contributed by atoms with van der Waals surface area (Å²) in [6, 6.07) is 0. The second-order valence-electron chi connectivity index (χ2n) is 4.51. The zero-order valence-corrected chi connectivity index (χ0v) is 13.0. The smallest absolute Gasteiger partial charge is 0.231 e. The average molecular weight is 290 g/mol. The van der Waals surface area contributed by atoms with Crippen LogP contribution in [-0.4, -0.2) is 44.6 Å². The molecule has 8 nitrogen and oxygen atoms in total. The van der Waals surface area contributed by atoms with Crippen LogP contribution in [0.15, 0.2) is 12.4 Å². The summed E-state index contributed by atoms with van der Waals surface area (Å²) in [6.07, 6.45) is 3.68.